The summed E-state index contributed by atoms with van der Waals surface area (Å²) in [5.74, 6) is 0.829. The van der Waals surface area contributed by atoms with Crippen molar-refractivity contribution in [2.45, 2.75) is 12.8 Å². The van der Waals surface area contributed by atoms with Crippen molar-refractivity contribution in [1.29, 1.82) is 0 Å². The highest BCUT2D eigenvalue weighted by Gasteiger charge is 2.03. The molecule has 0 saturated heterocycles. The maximum absolute atomic E-state index is 5.08. The summed E-state index contributed by atoms with van der Waals surface area (Å²) in [5.41, 5.74) is 2.27. The number of nitrogens with zero attached hydrogens (tertiary/aromatic N) is 4. The first-order chi connectivity index (χ1) is 13.2. The molecule has 7 heteroatoms. The molecule has 2 rings (SSSR count). The smallest absolute Gasteiger partial charge is 0.191 e. The minimum Gasteiger partial charge on any atom is -0.385 e. The first kappa shape index (κ1) is 20.9. The molecule has 0 fully saturated rings. The van der Waals surface area contributed by atoms with E-state index >= 15 is 0 Å². The molecule has 1 aromatic carbocycles. The van der Waals surface area contributed by atoms with Crippen molar-refractivity contribution in [3.8, 4) is 5.69 Å². The molecule has 0 spiro atoms. The Kier molecular flexibility index (Phi) is 9.37. The van der Waals surface area contributed by atoms with Gasteiger partial charge < -0.3 is 20.3 Å². The van der Waals surface area contributed by atoms with Gasteiger partial charge in [0.25, 0.3) is 0 Å². The molecule has 2 aromatic rings. The van der Waals surface area contributed by atoms with E-state index in [0.717, 1.165) is 57.3 Å². The number of para-hydroxylation sites is 1. The van der Waals surface area contributed by atoms with Gasteiger partial charge in [0.2, 0.25) is 0 Å². The van der Waals surface area contributed by atoms with Gasteiger partial charge in [-0.05, 0) is 37.6 Å². The second kappa shape index (κ2) is 12.1. The molecule has 148 valence electrons. The van der Waals surface area contributed by atoms with Gasteiger partial charge in [0.15, 0.2) is 5.96 Å². The van der Waals surface area contributed by atoms with Crippen molar-refractivity contribution < 1.29 is 4.74 Å². The number of aromatic nitrogens is 2. The zero-order valence-corrected chi connectivity index (χ0v) is 16.7. The third-order valence-corrected chi connectivity index (χ3v) is 4.26. The number of aliphatic imine (C=N–C) groups is 1. The summed E-state index contributed by atoms with van der Waals surface area (Å²) < 4.78 is 6.99. The van der Waals surface area contributed by atoms with E-state index in [9.17, 15) is 0 Å². The average molecular weight is 373 g/mol. The average Bonchev–Trinajstić information content (AvgIpc) is 3.16. The molecule has 0 saturated carbocycles. The fraction of sp³-hybridized carbons (Fsp3) is 0.500. The second-order valence-corrected chi connectivity index (χ2v) is 6.45. The van der Waals surface area contributed by atoms with Crippen LogP contribution < -0.4 is 10.6 Å². The third-order valence-electron chi connectivity index (χ3n) is 4.26. The molecule has 7 nitrogen and oxygen atoms in total. The van der Waals surface area contributed by atoms with E-state index in [2.05, 4.69) is 38.9 Å². The quantitative estimate of drug-likeness (QED) is 0.356. The van der Waals surface area contributed by atoms with Gasteiger partial charge in [-0.3, -0.25) is 4.99 Å². The first-order valence-corrected chi connectivity index (χ1v) is 9.44. The summed E-state index contributed by atoms with van der Waals surface area (Å²) in [7, 11) is 5.66. The Labute approximate surface area is 162 Å². The van der Waals surface area contributed by atoms with Crippen LogP contribution in [0.1, 0.15) is 12.0 Å². The van der Waals surface area contributed by atoms with Gasteiger partial charge in [0, 0.05) is 53.1 Å². The van der Waals surface area contributed by atoms with Gasteiger partial charge in [0.1, 0.15) is 0 Å². The Bertz CT molecular complexity index is 670. The zero-order chi connectivity index (χ0) is 19.3. The standard InChI is InChI=1S/C20H32N6O/c1-21-20(23-12-14-25(2)13-7-15-27-3)22-11-10-18-16-24-26(17-18)19-8-5-4-6-9-19/h4-6,8-9,16-17H,7,10-15H2,1-3H3,(H2,21,22,23). The molecular weight excluding hydrogens is 340 g/mol. The highest BCUT2D eigenvalue weighted by atomic mass is 16.5. The maximum atomic E-state index is 5.08. The van der Waals surface area contributed by atoms with E-state index in [1.54, 1.807) is 14.2 Å². The lowest BCUT2D eigenvalue weighted by Crippen LogP contribution is -2.41. The Morgan fingerprint density at radius 1 is 1.19 bits per heavy atom. The Morgan fingerprint density at radius 2 is 1.96 bits per heavy atom. The molecular formula is C20H32N6O. The van der Waals surface area contributed by atoms with E-state index < -0.39 is 0 Å². The Morgan fingerprint density at radius 3 is 2.70 bits per heavy atom. The van der Waals surface area contributed by atoms with Crippen LogP contribution in [0.15, 0.2) is 47.7 Å². The zero-order valence-electron chi connectivity index (χ0n) is 16.7. The normalized spacial score (nSPS) is 11.8. The Hall–Kier alpha value is -2.38. The van der Waals surface area contributed by atoms with Crippen molar-refractivity contribution in [3.63, 3.8) is 0 Å². The molecule has 0 aliphatic carbocycles. The number of rotatable bonds is 11. The van der Waals surface area contributed by atoms with E-state index in [0.29, 0.717) is 0 Å². The van der Waals surface area contributed by atoms with Crippen molar-refractivity contribution in [2.75, 3.05) is 54.0 Å². The van der Waals surface area contributed by atoms with Crippen LogP contribution in [-0.2, 0) is 11.2 Å². The monoisotopic (exact) mass is 372 g/mol. The summed E-state index contributed by atoms with van der Waals surface area (Å²) in [4.78, 5) is 6.57. The summed E-state index contributed by atoms with van der Waals surface area (Å²) >= 11 is 0. The minimum absolute atomic E-state index is 0.807. The number of hydrogen-bond acceptors (Lipinski definition) is 4. The van der Waals surface area contributed by atoms with Crippen LogP contribution in [0.3, 0.4) is 0 Å². The van der Waals surface area contributed by atoms with E-state index in [1.807, 2.05) is 41.2 Å². The molecule has 0 bridgehead atoms. The van der Waals surface area contributed by atoms with Gasteiger partial charge in [-0.1, -0.05) is 18.2 Å². The van der Waals surface area contributed by atoms with E-state index in [-0.39, 0.29) is 0 Å². The number of methoxy groups -OCH3 is 1. The van der Waals surface area contributed by atoms with Gasteiger partial charge in [-0.25, -0.2) is 4.68 Å². The number of hydrogen-bond donors (Lipinski definition) is 2. The highest BCUT2D eigenvalue weighted by Crippen LogP contribution is 2.07. The van der Waals surface area contributed by atoms with Gasteiger partial charge in [-0.2, -0.15) is 5.10 Å². The number of nitrogens with one attached hydrogen (secondary N) is 2. The molecule has 0 aliphatic heterocycles. The van der Waals surface area contributed by atoms with E-state index in [1.165, 1.54) is 5.56 Å². The van der Waals surface area contributed by atoms with Crippen molar-refractivity contribution >= 4 is 5.96 Å². The third kappa shape index (κ3) is 7.80. The molecule has 0 unspecified atom stereocenters. The SMILES string of the molecule is CN=C(NCCc1cnn(-c2ccccc2)c1)NCCN(C)CCCOC. The van der Waals surface area contributed by atoms with Gasteiger partial charge in [-0.15, -0.1) is 0 Å². The van der Waals surface area contributed by atoms with Crippen LogP contribution in [0.25, 0.3) is 5.69 Å². The topological polar surface area (TPSA) is 66.7 Å². The number of guanidine groups is 1. The lowest BCUT2D eigenvalue weighted by atomic mass is 10.2. The summed E-state index contributed by atoms with van der Waals surface area (Å²) in [6, 6.07) is 10.1. The van der Waals surface area contributed by atoms with Crippen molar-refractivity contribution in [1.82, 2.24) is 25.3 Å². The lowest BCUT2D eigenvalue weighted by molar-refractivity contribution is 0.180. The predicted molar refractivity (Wildman–Crippen MR) is 111 cm³/mol. The van der Waals surface area contributed by atoms with Crippen LogP contribution >= 0.6 is 0 Å². The van der Waals surface area contributed by atoms with Crippen LogP contribution in [-0.4, -0.2) is 74.6 Å². The predicted octanol–water partition coefficient (Wildman–Crippen LogP) is 1.55. The van der Waals surface area contributed by atoms with Crippen LogP contribution in [0.4, 0.5) is 0 Å². The summed E-state index contributed by atoms with van der Waals surface area (Å²) in [6.45, 7) is 4.47. The second-order valence-electron chi connectivity index (χ2n) is 6.45. The van der Waals surface area contributed by atoms with Gasteiger partial charge >= 0.3 is 0 Å². The van der Waals surface area contributed by atoms with Crippen LogP contribution in [0, 0.1) is 0 Å². The highest BCUT2D eigenvalue weighted by molar-refractivity contribution is 5.79. The van der Waals surface area contributed by atoms with Crippen LogP contribution in [0.2, 0.25) is 0 Å². The molecule has 0 amide bonds. The lowest BCUT2D eigenvalue weighted by Gasteiger charge is -2.18. The molecule has 27 heavy (non-hydrogen) atoms. The molecule has 1 aromatic heterocycles. The molecule has 0 aliphatic rings. The summed E-state index contributed by atoms with van der Waals surface area (Å²) in [6.07, 6.45) is 5.93. The molecule has 2 N–H and O–H groups in total. The molecule has 0 atom stereocenters. The fourth-order valence-corrected chi connectivity index (χ4v) is 2.71. The molecule has 1 heterocycles. The maximum Gasteiger partial charge on any atom is 0.191 e. The fourth-order valence-electron chi connectivity index (χ4n) is 2.71. The summed E-state index contributed by atoms with van der Waals surface area (Å²) in [5, 5.41) is 11.1. The van der Waals surface area contributed by atoms with Gasteiger partial charge in [0.05, 0.1) is 11.9 Å². The number of benzene rings is 1. The van der Waals surface area contributed by atoms with Crippen LogP contribution in [0.5, 0.6) is 0 Å². The first-order valence-electron chi connectivity index (χ1n) is 9.44. The molecule has 0 radical (unpaired) electrons. The minimum atomic E-state index is 0.807. The van der Waals surface area contributed by atoms with Crippen molar-refractivity contribution in [2.24, 2.45) is 4.99 Å². The Balaban J connectivity index is 1.66. The largest absolute Gasteiger partial charge is 0.385 e. The van der Waals surface area contributed by atoms with E-state index in [4.69, 9.17) is 4.74 Å². The van der Waals surface area contributed by atoms with Crippen molar-refractivity contribution in [3.05, 3.63) is 48.3 Å². The number of likely N-dealkylation sites (N-methyl/N-ethyl adjacent to an activating group) is 1. The number of ether oxygens (including phenoxy) is 1.